The number of esters is 1. The molecular formula is C26H22F3NO5S. The Balaban J connectivity index is 1.99. The van der Waals surface area contributed by atoms with Crippen molar-refractivity contribution in [3.8, 4) is 11.1 Å². The fraction of sp³-hybridized carbons (Fsp3) is 0.269. The molecule has 1 heterocycles. The first-order chi connectivity index (χ1) is 16.8. The minimum Gasteiger partial charge on any atom is -0.465 e. The van der Waals surface area contributed by atoms with Gasteiger partial charge in [0.05, 0.1) is 28.2 Å². The lowest BCUT2D eigenvalue weighted by Gasteiger charge is -2.32. The SMILES string of the molecule is COC(=O)c1c(C(F)(F)F)nc2c(c1-c1ccc(S(=O)(=O)c3ccccc3)cc1)C(=O)CC(C)(C)C2. The van der Waals surface area contributed by atoms with E-state index in [9.17, 15) is 31.2 Å². The van der Waals surface area contributed by atoms with E-state index in [1.54, 1.807) is 32.0 Å². The molecule has 10 heteroatoms. The van der Waals surface area contributed by atoms with Crippen LogP contribution in [0.3, 0.4) is 0 Å². The molecule has 0 saturated heterocycles. The van der Waals surface area contributed by atoms with E-state index in [0.717, 1.165) is 7.11 Å². The van der Waals surface area contributed by atoms with Crippen molar-refractivity contribution < 1.29 is 35.9 Å². The van der Waals surface area contributed by atoms with Gasteiger partial charge in [-0.1, -0.05) is 44.2 Å². The minimum absolute atomic E-state index is 0.0428. The summed E-state index contributed by atoms with van der Waals surface area (Å²) in [6.45, 7) is 3.50. The number of sulfone groups is 1. The number of fused-ring (bicyclic) bond motifs is 1. The lowest BCUT2D eigenvalue weighted by molar-refractivity contribution is -0.141. The average molecular weight is 518 g/mol. The van der Waals surface area contributed by atoms with Crippen LogP contribution in [0, 0.1) is 5.41 Å². The van der Waals surface area contributed by atoms with E-state index in [1.165, 1.54) is 36.4 Å². The molecule has 0 fully saturated rings. The molecule has 1 aliphatic rings. The van der Waals surface area contributed by atoms with Crippen molar-refractivity contribution in [3.63, 3.8) is 0 Å². The standard InChI is InChI=1S/C26H22F3NO5S/c1-25(2)13-18-21(19(31)14-25)20(22(24(32)35-3)23(30-18)26(27,28)29)15-9-11-17(12-10-15)36(33,34)16-7-5-4-6-8-16/h4-12H,13-14H2,1-3H3. The van der Waals surface area contributed by atoms with Crippen LogP contribution >= 0.6 is 0 Å². The Labute approximate surface area is 206 Å². The highest BCUT2D eigenvalue weighted by Crippen LogP contribution is 2.44. The van der Waals surface area contributed by atoms with Gasteiger partial charge in [-0.15, -0.1) is 0 Å². The van der Waals surface area contributed by atoms with Crippen molar-refractivity contribution >= 4 is 21.6 Å². The number of hydrogen-bond donors (Lipinski definition) is 0. The highest BCUT2D eigenvalue weighted by molar-refractivity contribution is 7.91. The second kappa shape index (κ2) is 8.85. The van der Waals surface area contributed by atoms with Crippen molar-refractivity contribution in [1.82, 2.24) is 4.98 Å². The van der Waals surface area contributed by atoms with Crippen LogP contribution in [-0.2, 0) is 27.2 Å². The van der Waals surface area contributed by atoms with E-state index in [0.29, 0.717) is 0 Å². The van der Waals surface area contributed by atoms with E-state index < -0.39 is 44.4 Å². The zero-order chi connectivity index (χ0) is 26.5. The van der Waals surface area contributed by atoms with E-state index >= 15 is 0 Å². The number of carbonyl (C=O) groups is 2. The number of halogens is 3. The topological polar surface area (TPSA) is 90.4 Å². The van der Waals surface area contributed by atoms with Gasteiger partial charge in [-0.2, -0.15) is 13.2 Å². The minimum atomic E-state index is -5.01. The molecule has 4 rings (SSSR count). The second-order valence-corrected chi connectivity index (χ2v) is 11.3. The molecule has 2 aromatic carbocycles. The van der Waals surface area contributed by atoms with E-state index in [4.69, 9.17) is 0 Å². The molecule has 0 amide bonds. The number of methoxy groups -OCH3 is 1. The van der Waals surface area contributed by atoms with Crippen molar-refractivity contribution in [2.75, 3.05) is 7.11 Å². The fourth-order valence-electron chi connectivity index (χ4n) is 4.43. The highest BCUT2D eigenvalue weighted by Gasteiger charge is 2.44. The summed E-state index contributed by atoms with van der Waals surface area (Å²) in [6, 6.07) is 12.7. The number of carbonyl (C=O) groups excluding carboxylic acids is 2. The molecule has 0 saturated carbocycles. The Hall–Kier alpha value is -3.53. The third kappa shape index (κ3) is 4.53. The van der Waals surface area contributed by atoms with Crippen LogP contribution in [0.25, 0.3) is 11.1 Å². The summed E-state index contributed by atoms with van der Waals surface area (Å²) in [6.07, 6.45) is -4.87. The second-order valence-electron chi connectivity index (χ2n) is 9.30. The first-order valence-electron chi connectivity index (χ1n) is 10.9. The van der Waals surface area contributed by atoms with Gasteiger partial charge in [0.2, 0.25) is 9.84 Å². The van der Waals surface area contributed by atoms with Gasteiger partial charge in [-0.3, -0.25) is 4.79 Å². The molecule has 0 atom stereocenters. The Bertz CT molecular complexity index is 1460. The highest BCUT2D eigenvalue weighted by atomic mass is 32.2. The van der Waals surface area contributed by atoms with Crippen LogP contribution in [-0.4, -0.2) is 32.3 Å². The molecule has 1 aliphatic carbocycles. The fourth-order valence-corrected chi connectivity index (χ4v) is 5.71. The molecule has 0 spiro atoms. The number of aromatic nitrogens is 1. The van der Waals surface area contributed by atoms with Crippen molar-refractivity contribution in [3.05, 3.63) is 77.1 Å². The Morgan fingerprint density at radius 3 is 2.08 bits per heavy atom. The maximum absolute atomic E-state index is 14.1. The number of Topliss-reactive ketones (excluding diaryl/α,β-unsaturated/α-hetero) is 1. The van der Waals surface area contributed by atoms with Gasteiger partial charge in [-0.25, -0.2) is 18.2 Å². The third-order valence-electron chi connectivity index (χ3n) is 6.00. The summed E-state index contributed by atoms with van der Waals surface area (Å²) >= 11 is 0. The Morgan fingerprint density at radius 1 is 0.944 bits per heavy atom. The predicted octanol–water partition coefficient (Wildman–Crippen LogP) is 5.54. The molecule has 6 nitrogen and oxygen atoms in total. The predicted molar refractivity (Wildman–Crippen MR) is 124 cm³/mol. The maximum Gasteiger partial charge on any atom is 0.434 e. The lowest BCUT2D eigenvalue weighted by Crippen LogP contribution is -2.31. The van der Waals surface area contributed by atoms with Crippen molar-refractivity contribution in [2.45, 2.75) is 42.7 Å². The monoisotopic (exact) mass is 517 g/mol. The summed E-state index contributed by atoms with van der Waals surface area (Å²) in [4.78, 5) is 29.5. The van der Waals surface area contributed by atoms with Crippen LogP contribution in [0.15, 0.2) is 64.4 Å². The molecule has 0 bridgehead atoms. The largest absolute Gasteiger partial charge is 0.465 e. The molecule has 0 unspecified atom stereocenters. The number of pyridine rings is 1. The van der Waals surface area contributed by atoms with Gasteiger partial charge in [0.1, 0.15) is 0 Å². The zero-order valence-electron chi connectivity index (χ0n) is 19.6. The number of ether oxygens (including phenoxy) is 1. The van der Waals surface area contributed by atoms with Gasteiger partial charge in [0, 0.05) is 17.5 Å². The summed E-state index contributed by atoms with van der Waals surface area (Å²) in [5.74, 6) is -1.75. The number of nitrogens with zero attached hydrogens (tertiary/aromatic N) is 1. The molecule has 188 valence electrons. The number of hydrogen-bond acceptors (Lipinski definition) is 6. The van der Waals surface area contributed by atoms with Crippen LogP contribution < -0.4 is 0 Å². The van der Waals surface area contributed by atoms with Crippen LogP contribution in [0.2, 0.25) is 0 Å². The molecular weight excluding hydrogens is 495 g/mol. The Morgan fingerprint density at radius 2 is 1.53 bits per heavy atom. The first kappa shape index (κ1) is 25.6. The summed E-state index contributed by atoms with van der Waals surface area (Å²) in [7, 11) is -2.96. The number of ketones is 1. The summed E-state index contributed by atoms with van der Waals surface area (Å²) < 4.78 is 72.8. The normalized spacial score (nSPS) is 15.3. The number of benzene rings is 2. The van der Waals surface area contributed by atoms with Gasteiger partial charge in [-0.05, 0) is 41.7 Å². The molecule has 0 radical (unpaired) electrons. The molecule has 1 aromatic heterocycles. The van der Waals surface area contributed by atoms with Gasteiger partial charge in [0.15, 0.2) is 11.5 Å². The van der Waals surface area contributed by atoms with Crippen molar-refractivity contribution in [1.29, 1.82) is 0 Å². The van der Waals surface area contributed by atoms with Gasteiger partial charge in [0.25, 0.3) is 0 Å². The van der Waals surface area contributed by atoms with Crippen LogP contribution in [0.5, 0.6) is 0 Å². The van der Waals surface area contributed by atoms with E-state index in [1.807, 2.05) is 0 Å². The average Bonchev–Trinajstić information content (AvgIpc) is 2.81. The smallest absolute Gasteiger partial charge is 0.434 e. The van der Waals surface area contributed by atoms with E-state index in [2.05, 4.69) is 9.72 Å². The van der Waals surface area contributed by atoms with Gasteiger partial charge >= 0.3 is 12.1 Å². The van der Waals surface area contributed by atoms with Crippen LogP contribution in [0.4, 0.5) is 13.2 Å². The van der Waals surface area contributed by atoms with E-state index in [-0.39, 0.29) is 45.0 Å². The molecule has 3 aromatic rings. The summed E-state index contributed by atoms with van der Waals surface area (Å²) in [5.41, 5.74) is -3.29. The lowest BCUT2D eigenvalue weighted by atomic mass is 9.73. The quantitative estimate of drug-likeness (QED) is 0.422. The van der Waals surface area contributed by atoms with Gasteiger partial charge < -0.3 is 4.74 Å². The number of alkyl halides is 3. The van der Waals surface area contributed by atoms with Crippen molar-refractivity contribution in [2.24, 2.45) is 5.41 Å². The Kier molecular flexibility index (Phi) is 6.28. The first-order valence-corrected chi connectivity index (χ1v) is 12.4. The third-order valence-corrected chi connectivity index (χ3v) is 7.79. The van der Waals surface area contributed by atoms with Crippen LogP contribution in [0.1, 0.15) is 52.4 Å². The zero-order valence-corrected chi connectivity index (χ0v) is 20.5. The molecule has 0 aliphatic heterocycles. The molecule has 0 N–H and O–H groups in total. The summed E-state index contributed by atoms with van der Waals surface area (Å²) in [5, 5.41) is 0. The maximum atomic E-state index is 14.1. The number of rotatable bonds is 4. The molecule has 36 heavy (non-hydrogen) atoms.